The first-order valence-electron chi connectivity index (χ1n) is 11.2. The van der Waals surface area contributed by atoms with Crippen molar-refractivity contribution in [1.82, 2.24) is 0 Å². The summed E-state index contributed by atoms with van der Waals surface area (Å²) in [6.07, 6.45) is 6.55. The predicted octanol–water partition coefficient (Wildman–Crippen LogP) is 7.06. The number of ether oxygens (including phenoxy) is 2. The minimum Gasteiger partial charge on any atom is -0.410 e. The molecule has 4 heteroatoms. The Kier molecular flexibility index (Phi) is 11.1. The van der Waals surface area contributed by atoms with Crippen molar-refractivity contribution in [3.05, 3.63) is 83.4 Å². The topological polar surface area (TPSA) is 27.7 Å². The van der Waals surface area contributed by atoms with Gasteiger partial charge in [-0.25, -0.2) is 0 Å². The quantitative estimate of drug-likeness (QED) is 0.140. The minimum atomic E-state index is -1.66. The van der Waals surface area contributed by atoms with Gasteiger partial charge in [-0.05, 0) is 47.7 Å². The zero-order valence-electron chi connectivity index (χ0n) is 19.1. The van der Waals surface area contributed by atoms with E-state index in [2.05, 4.69) is 87.5 Å². The van der Waals surface area contributed by atoms with Crippen molar-refractivity contribution in [2.75, 3.05) is 13.9 Å². The molecule has 0 spiro atoms. The highest BCUT2D eigenvalue weighted by Crippen LogP contribution is 2.32. The van der Waals surface area contributed by atoms with Crippen LogP contribution in [0.15, 0.2) is 66.7 Å². The number of allylic oxidation sites excluding steroid dienone is 1. The second-order valence-corrected chi connectivity index (χ2v) is 12.5. The third-order valence-electron chi connectivity index (χ3n) is 5.86. The Balaban J connectivity index is 1.97. The van der Waals surface area contributed by atoms with Crippen LogP contribution < -0.4 is 0 Å². The van der Waals surface area contributed by atoms with Crippen molar-refractivity contribution >= 4 is 8.32 Å². The molecular weight excluding hydrogens is 388 g/mol. The molecular formula is C26H38O3Si. The van der Waals surface area contributed by atoms with E-state index in [0.29, 0.717) is 13.4 Å². The molecule has 0 aromatic heterocycles. The van der Waals surface area contributed by atoms with Crippen LogP contribution in [0.2, 0.25) is 18.1 Å². The first-order chi connectivity index (χ1) is 14.7. The van der Waals surface area contributed by atoms with E-state index >= 15 is 0 Å². The van der Waals surface area contributed by atoms with Crippen LogP contribution in [0.4, 0.5) is 0 Å². The molecule has 164 valence electrons. The molecule has 0 amide bonds. The van der Waals surface area contributed by atoms with Gasteiger partial charge in [0, 0.05) is 7.11 Å². The van der Waals surface area contributed by atoms with E-state index in [1.165, 1.54) is 29.3 Å². The lowest BCUT2D eigenvalue weighted by atomic mass is 10.1. The second kappa shape index (κ2) is 13.6. The van der Waals surface area contributed by atoms with Crippen LogP contribution in [0, 0.1) is 0 Å². The fourth-order valence-corrected chi connectivity index (χ4v) is 6.51. The molecule has 2 rings (SSSR count). The van der Waals surface area contributed by atoms with Crippen LogP contribution in [0.25, 0.3) is 0 Å². The molecule has 0 saturated heterocycles. The average molecular weight is 427 g/mol. The number of benzene rings is 2. The highest BCUT2D eigenvalue weighted by Gasteiger charge is 2.32. The van der Waals surface area contributed by atoms with Crippen molar-refractivity contribution in [3.63, 3.8) is 0 Å². The summed E-state index contributed by atoms with van der Waals surface area (Å²) in [5.74, 6) is 0. The molecule has 0 radical (unpaired) electrons. The van der Waals surface area contributed by atoms with Gasteiger partial charge in [0.25, 0.3) is 0 Å². The third kappa shape index (κ3) is 7.84. The fourth-order valence-electron chi connectivity index (χ4n) is 3.68. The molecule has 0 unspecified atom stereocenters. The molecule has 0 aliphatic carbocycles. The Bertz CT molecular complexity index is 715. The van der Waals surface area contributed by atoms with Gasteiger partial charge in [-0.1, -0.05) is 87.5 Å². The van der Waals surface area contributed by atoms with E-state index in [-0.39, 0.29) is 6.10 Å². The lowest BCUT2D eigenvalue weighted by molar-refractivity contribution is -0.0390. The largest absolute Gasteiger partial charge is 0.410 e. The lowest BCUT2D eigenvalue weighted by Crippen LogP contribution is -2.37. The Morgan fingerprint density at radius 3 is 2.07 bits per heavy atom. The molecule has 0 bridgehead atoms. The van der Waals surface area contributed by atoms with Crippen LogP contribution in [0.3, 0.4) is 0 Å². The first kappa shape index (κ1) is 24.5. The zero-order chi connectivity index (χ0) is 21.7. The number of hydrogen-bond donors (Lipinski definition) is 0. The van der Waals surface area contributed by atoms with Gasteiger partial charge in [0.2, 0.25) is 0 Å². The standard InChI is InChI=1S/C26H38O3Si/c1-5-30(6-2,7-3)29-26(25-14-9-8-10-15-25)16-12-11-13-23-17-19-24(20-18-23)21-28-22-27-4/h8-12,14-15,17-20,26H,5-7,13,16,21-22H2,1-4H3/b12-11-/t26-/m0/s1. The molecule has 0 aliphatic heterocycles. The molecule has 1 atom stereocenters. The van der Waals surface area contributed by atoms with Crippen molar-refractivity contribution in [1.29, 1.82) is 0 Å². The van der Waals surface area contributed by atoms with Crippen molar-refractivity contribution in [3.8, 4) is 0 Å². The molecule has 2 aromatic carbocycles. The summed E-state index contributed by atoms with van der Waals surface area (Å²) in [6.45, 7) is 7.79. The van der Waals surface area contributed by atoms with Gasteiger partial charge in [-0.2, -0.15) is 0 Å². The smallest absolute Gasteiger partial charge is 0.192 e. The Labute approximate surface area is 184 Å². The minimum absolute atomic E-state index is 0.147. The predicted molar refractivity (Wildman–Crippen MR) is 128 cm³/mol. The van der Waals surface area contributed by atoms with Gasteiger partial charge < -0.3 is 13.9 Å². The number of rotatable bonds is 14. The lowest BCUT2D eigenvalue weighted by Gasteiger charge is -2.33. The van der Waals surface area contributed by atoms with E-state index < -0.39 is 8.32 Å². The summed E-state index contributed by atoms with van der Waals surface area (Å²) >= 11 is 0. The molecule has 3 nitrogen and oxygen atoms in total. The van der Waals surface area contributed by atoms with Crippen LogP contribution >= 0.6 is 0 Å². The Morgan fingerprint density at radius 2 is 1.47 bits per heavy atom. The van der Waals surface area contributed by atoms with E-state index in [4.69, 9.17) is 13.9 Å². The van der Waals surface area contributed by atoms with Crippen molar-refractivity contribution in [2.24, 2.45) is 0 Å². The molecule has 0 heterocycles. The highest BCUT2D eigenvalue weighted by molar-refractivity contribution is 6.73. The van der Waals surface area contributed by atoms with Crippen LogP contribution in [0.5, 0.6) is 0 Å². The Morgan fingerprint density at radius 1 is 0.833 bits per heavy atom. The summed E-state index contributed by atoms with van der Waals surface area (Å²) in [7, 11) is -0.0257. The van der Waals surface area contributed by atoms with E-state index in [0.717, 1.165) is 18.4 Å². The molecule has 0 aliphatic rings. The summed E-state index contributed by atoms with van der Waals surface area (Å²) < 4.78 is 17.2. The van der Waals surface area contributed by atoms with Crippen LogP contribution in [-0.4, -0.2) is 22.2 Å². The average Bonchev–Trinajstić information content (AvgIpc) is 2.81. The van der Waals surface area contributed by atoms with Crippen LogP contribution in [0.1, 0.15) is 50.0 Å². The summed E-state index contributed by atoms with van der Waals surface area (Å²) in [6, 6.07) is 22.8. The van der Waals surface area contributed by atoms with Gasteiger partial charge in [0.15, 0.2) is 8.32 Å². The SMILES string of the molecule is CC[Si](CC)(CC)O[C@@H](C/C=C\Cc1ccc(COCOC)cc1)c1ccccc1. The van der Waals surface area contributed by atoms with Gasteiger partial charge >= 0.3 is 0 Å². The number of methoxy groups -OCH3 is 1. The molecule has 2 aromatic rings. The van der Waals surface area contributed by atoms with Crippen LogP contribution in [-0.2, 0) is 26.9 Å². The van der Waals surface area contributed by atoms with Gasteiger partial charge in [0.05, 0.1) is 12.7 Å². The van der Waals surface area contributed by atoms with Crippen molar-refractivity contribution < 1.29 is 13.9 Å². The number of hydrogen-bond acceptors (Lipinski definition) is 3. The highest BCUT2D eigenvalue weighted by atomic mass is 28.4. The summed E-state index contributed by atoms with van der Waals surface area (Å²) in [5.41, 5.74) is 3.76. The molecule has 0 fully saturated rings. The molecule has 30 heavy (non-hydrogen) atoms. The molecule has 0 saturated carbocycles. The van der Waals surface area contributed by atoms with Gasteiger partial charge in [-0.15, -0.1) is 0 Å². The first-order valence-corrected chi connectivity index (χ1v) is 13.7. The fraction of sp³-hybridized carbons (Fsp3) is 0.462. The maximum Gasteiger partial charge on any atom is 0.192 e. The third-order valence-corrected chi connectivity index (χ3v) is 10.5. The second-order valence-electron chi connectivity index (χ2n) is 7.74. The maximum atomic E-state index is 6.85. The van der Waals surface area contributed by atoms with E-state index in [1.54, 1.807) is 7.11 Å². The Hall–Kier alpha value is -1.72. The normalized spacial score (nSPS) is 13.1. The summed E-state index contributed by atoms with van der Waals surface area (Å²) in [5, 5.41) is 0. The van der Waals surface area contributed by atoms with E-state index in [1.807, 2.05) is 0 Å². The van der Waals surface area contributed by atoms with Crippen molar-refractivity contribution in [2.45, 2.75) is 64.5 Å². The zero-order valence-corrected chi connectivity index (χ0v) is 20.1. The monoisotopic (exact) mass is 426 g/mol. The summed E-state index contributed by atoms with van der Waals surface area (Å²) in [4.78, 5) is 0. The van der Waals surface area contributed by atoms with Gasteiger partial charge in [0.1, 0.15) is 6.79 Å². The molecule has 0 N–H and O–H groups in total. The maximum absolute atomic E-state index is 6.85. The van der Waals surface area contributed by atoms with E-state index in [9.17, 15) is 0 Å². The van der Waals surface area contributed by atoms with Gasteiger partial charge in [-0.3, -0.25) is 0 Å².